The van der Waals surface area contributed by atoms with Crippen molar-refractivity contribution in [3.05, 3.63) is 59.1 Å². The largest absolute Gasteiger partial charge is 0.493 e. The van der Waals surface area contributed by atoms with Gasteiger partial charge in [-0.25, -0.2) is 4.98 Å². The van der Waals surface area contributed by atoms with Crippen LogP contribution in [0.1, 0.15) is 41.0 Å². The van der Waals surface area contributed by atoms with Crippen LogP contribution >= 0.6 is 11.3 Å². The maximum absolute atomic E-state index is 12.8. The van der Waals surface area contributed by atoms with Gasteiger partial charge in [0, 0.05) is 19.0 Å². The highest BCUT2D eigenvalue weighted by Gasteiger charge is 2.27. The minimum Gasteiger partial charge on any atom is -0.493 e. The molecule has 0 unspecified atom stereocenters. The summed E-state index contributed by atoms with van der Waals surface area (Å²) in [6.07, 6.45) is 1.96. The Hall–Kier alpha value is -2.93. The van der Waals surface area contributed by atoms with Gasteiger partial charge in [-0.1, -0.05) is 24.3 Å². The van der Waals surface area contributed by atoms with Crippen molar-refractivity contribution in [3.63, 3.8) is 0 Å². The number of nitrogens with one attached hydrogen (secondary N) is 1. The molecule has 2 heterocycles. The summed E-state index contributed by atoms with van der Waals surface area (Å²) in [5.74, 6) is 0.406. The number of rotatable bonds is 6. The zero-order chi connectivity index (χ0) is 20.9. The molecule has 0 bridgehead atoms. The first kappa shape index (κ1) is 20.3. The van der Waals surface area contributed by atoms with Crippen LogP contribution in [-0.2, 0) is 4.79 Å². The smallest absolute Gasteiger partial charge is 0.255 e. The highest BCUT2D eigenvalue weighted by molar-refractivity contribution is 7.18. The van der Waals surface area contributed by atoms with E-state index in [4.69, 9.17) is 9.72 Å². The first-order valence-electron chi connectivity index (χ1n) is 10.3. The Morgan fingerprint density at radius 1 is 1.20 bits per heavy atom. The van der Waals surface area contributed by atoms with E-state index in [2.05, 4.69) is 11.4 Å². The predicted octanol–water partition coefficient (Wildman–Crippen LogP) is 3.83. The van der Waals surface area contributed by atoms with Crippen LogP contribution in [0.2, 0.25) is 0 Å². The van der Waals surface area contributed by atoms with Gasteiger partial charge in [-0.15, -0.1) is 11.3 Å². The average molecular weight is 424 g/mol. The summed E-state index contributed by atoms with van der Waals surface area (Å²) in [6.45, 7) is 3.68. The lowest BCUT2D eigenvalue weighted by atomic mass is 9.98. The van der Waals surface area contributed by atoms with E-state index in [1.165, 1.54) is 4.70 Å². The summed E-state index contributed by atoms with van der Waals surface area (Å²) in [4.78, 5) is 31.9. The van der Waals surface area contributed by atoms with Crippen LogP contribution in [0.5, 0.6) is 5.75 Å². The van der Waals surface area contributed by atoms with Crippen LogP contribution in [0.3, 0.4) is 0 Å². The van der Waals surface area contributed by atoms with Crippen LogP contribution in [0.25, 0.3) is 10.2 Å². The van der Waals surface area contributed by atoms with E-state index >= 15 is 0 Å². The number of benzene rings is 2. The van der Waals surface area contributed by atoms with E-state index < -0.39 is 0 Å². The van der Waals surface area contributed by atoms with E-state index in [0.29, 0.717) is 31.0 Å². The van der Waals surface area contributed by atoms with Gasteiger partial charge in [0.05, 0.1) is 33.9 Å². The van der Waals surface area contributed by atoms with Gasteiger partial charge in [0.15, 0.2) is 0 Å². The number of hydrogen-bond acceptors (Lipinski definition) is 5. The molecule has 1 aliphatic heterocycles. The van der Waals surface area contributed by atoms with Gasteiger partial charge >= 0.3 is 0 Å². The Bertz CT molecular complexity index is 1020. The zero-order valence-electron chi connectivity index (χ0n) is 17.0. The first-order chi connectivity index (χ1) is 14.7. The number of nitrogens with zero attached hydrogens (tertiary/aromatic N) is 2. The van der Waals surface area contributed by atoms with E-state index in [9.17, 15) is 9.59 Å². The molecule has 6 nitrogen and oxygen atoms in total. The summed E-state index contributed by atoms with van der Waals surface area (Å²) in [5, 5.41) is 3.83. The second-order valence-electron chi connectivity index (χ2n) is 7.31. The van der Waals surface area contributed by atoms with Gasteiger partial charge in [0.25, 0.3) is 5.91 Å². The Labute approximate surface area is 179 Å². The summed E-state index contributed by atoms with van der Waals surface area (Å²) < 4.78 is 6.68. The monoisotopic (exact) mass is 423 g/mol. The molecule has 0 aliphatic carbocycles. The van der Waals surface area contributed by atoms with E-state index in [1.54, 1.807) is 29.5 Å². The molecule has 30 heavy (non-hydrogen) atoms. The van der Waals surface area contributed by atoms with Crippen molar-refractivity contribution in [3.8, 4) is 5.75 Å². The summed E-state index contributed by atoms with van der Waals surface area (Å²) in [7, 11) is 0. The molecule has 3 aromatic rings. The highest BCUT2D eigenvalue weighted by Crippen LogP contribution is 2.32. The summed E-state index contributed by atoms with van der Waals surface area (Å²) in [6, 6.07) is 15.2. The Kier molecular flexibility index (Phi) is 6.28. The number of amides is 2. The number of thiazole rings is 1. The summed E-state index contributed by atoms with van der Waals surface area (Å²) >= 11 is 1.71. The Morgan fingerprint density at radius 2 is 2.00 bits per heavy atom. The van der Waals surface area contributed by atoms with Crippen molar-refractivity contribution in [1.29, 1.82) is 0 Å². The van der Waals surface area contributed by atoms with Crippen molar-refractivity contribution in [2.45, 2.75) is 25.7 Å². The molecule has 1 saturated heterocycles. The second kappa shape index (κ2) is 9.26. The molecule has 1 N–H and O–H groups in total. The van der Waals surface area contributed by atoms with Crippen molar-refractivity contribution in [2.24, 2.45) is 0 Å². The maximum atomic E-state index is 12.8. The van der Waals surface area contributed by atoms with Gasteiger partial charge in [-0.3, -0.25) is 9.59 Å². The van der Waals surface area contributed by atoms with Crippen molar-refractivity contribution in [1.82, 2.24) is 15.2 Å². The zero-order valence-corrected chi connectivity index (χ0v) is 17.8. The SMILES string of the molecule is CCOc1ccccc1C(=O)NCC(=O)N1CCC[C@H](c2nc3ccccc3s2)C1. The highest BCUT2D eigenvalue weighted by atomic mass is 32.1. The van der Waals surface area contributed by atoms with E-state index in [-0.39, 0.29) is 24.3 Å². The van der Waals surface area contributed by atoms with Crippen LogP contribution in [0.4, 0.5) is 0 Å². The molecule has 4 rings (SSSR count). The molecule has 2 aromatic carbocycles. The standard InChI is InChI=1S/C23H25N3O3S/c1-2-29-19-11-5-3-9-17(19)22(28)24-14-21(27)26-13-7-8-16(15-26)23-25-18-10-4-6-12-20(18)30-23/h3-6,9-12,16H,2,7-8,13-15H2,1H3,(H,24,28)/t16-/m0/s1. The summed E-state index contributed by atoms with van der Waals surface area (Å²) in [5.41, 5.74) is 1.46. The maximum Gasteiger partial charge on any atom is 0.255 e. The van der Waals surface area contributed by atoms with Gasteiger partial charge in [-0.05, 0) is 44.0 Å². The van der Waals surface area contributed by atoms with Gasteiger partial charge < -0.3 is 15.0 Å². The fourth-order valence-corrected chi connectivity index (χ4v) is 4.86. The molecule has 1 atom stereocenters. The molecule has 1 aromatic heterocycles. The van der Waals surface area contributed by atoms with E-state index in [0.717, 1.165) is 23.4 Å². The van der Waals surface area contributed by atoms with Gasteiger partial charge in [-0.2, -0.15) is 0 Å². The number of aromatic nitrogens is 1. The minimum atomic E-state index is -0.299. The molecule has 7 heteroatoms. The normalized spacial score (nSPS) is 16.4. The molecule has 156 valence electrons. The van der Waals surface area contributed by atoms with Gasteiger partial charge in [0.2, 0.25) is 5.91 Å². The number of piperidine rings is 1. The third-order valence-electron chi connectivity index (χ3n) is 5.27. The molecule has 0 radical (unpaired) electrons. The van der Waals surface area contributed by atoms with E-state index in [1.807, 2.05) is 36.1 Å². The third kappa shape index (κ3) is 4.46. The fraction of sp³-hybridized carbons (Fsp3) is 0.348. The number of carbonyl (C=O) groups excluding carboxylic acids is 2. The number of para-hydroxylation sites is 2. The number of hydrogen-bond donors (Lipinski definition) is 1. The first-order valence-corrected chi connectivity index (χ1v) is 11.1. The van der Waals surface area contributed by atoms with Crippen LogP contribution in [-0.4, -0.2) is 47.9 Å². The lowest BCUT2D eigenvalue weighted by Crippen LogP contribution is -2.44. The average Bonchev–Trinajstić information content (AvgIpc) is 3.22. The minimum absolute atomic E-state index is 0.0220. The van der Waals surface area contributed by atoms with Gasteiger partial charge in [0.1, 0.15) is 5.75 Å². The molecule has 0 saturated carbocycles. The van der Waals surface area contributed by atoms with Crippen molar-refractivity contribution >= 4 is 33.4 Å². The molecule has 1 aliphatic rings. The molecule has 1 fully saturated rings. The lowest BCUT2D eigenvalue weighted by molar-refractivity contribution is -0.131. The number of fused-ring (bicyclic) bond motifs is 1. The molecular weight excluding hydrogens is 398 g/mol. The molecule has 2 amide bonds. The third-order valence-corrected chi connectivity index (χ3v) is 6.46. The molecule has 0 spiro atoms. The second-order valence-corrected chi connectivity index (χ2v) is 8.37. The number of likely N-dealkylation sites (tertiary alicyclic amines) is 1. The fourth-order valence-electron chi connectivity index (χ4n) is 3.77. The predicted molar refractivity (Wildman–Crippen MR) is 118 cm³/mol. The van der Waals surface area contributed by atoms with Crippen LogP contribution in [0, 0.1) is 0 Å². The number of carbonyl (C=O) groups is 2. The Balaban J connectivity index is 1.37. The lowest BCUT2D eigenvalue weighted by Gasteiger charge is -2.32. The van der Waals surface area contributed by atoms with Crippen LogP contribution < -0.4 is 10.1 Å². The quantitative estimate of drug-likeness (QED) is 0.654. The topological polar surface area (TPSA) is 71.5 Å². The van der Waals surface area contributed by atoms with Crippen molar-refractivity contribution < 1.29 is 14.3 Å². The number of ether oxygens (including phenoxy) is 1. The van der Waals surface area contributed by atoms with Crippen molar-refractivity contribution in [2.75, 3.05) is 26.2 Å². The molecular formula is C23H25N3O3S. The Morgan fingerprint density at radius 3 is 2.83 bits per heavy atom. The van der Waals surface area contributed by atoms with Crippen LogP contribution in [0.15, 0.2) is 48.5 Å².